The van der Waals surface area contributed by atoms with Crippen molar-refractivity contribution in [1.82, 2.24) is 0 Å². The van der Waals surface area contributed by atoms with Gasteiger partial charge in [-0.05, 0) is 23.3 Å². The predicted molar refractivity (Wildman–Crippen MR) is 88.4 cm³/mol. The molecule has 0 fully saturated rings. The number of ketones is 1. The summed E-state index contributed by atoms with van der Waals surface area (Å²) in [5.41, 5.74) is 2.24. The molecule has 0 amide bonds. The molecule has 0 unspecified atom stereocenters. The van der Waals surface area contributed by atoms with E-state index in [-0.39, 0.29) is 17.0 Å². The van der Waals surface area contributed by atoms with Gasteiger partial charge in [0.15, 0.2) is 5.78 Å². The number of nitrogens with zero attached hydrogens (tertiary/aromatic N) is 1. The van der Waals surface area contributed by atoms with Gasteiger partial charge in [0.25, 0.3) is 5.69 Å². The predicted octanol–water partition coefficient (Wildman–Crippen LogP) is 4.49. The molecule has 112 valence electrons. The second kappa shape index (κ2) is 6.23. The van der Waals surface area contributed by atoms with E-state index in [1.807, 2.05) is 36.4 Å². The average Bonchev–Trinajstić information content (AvgIpc) is 2.62. The maximum absolute atomic E-state index is 12.7. The van der Waals surface area contributed by atoms with Gasteiger partial charge < -0.3 is 0 Å². The Balaban J connectivity index is 2.03. The fraction of sp³-hybridized carbons (Fsp3) is 0. The molecule has 0 saturated heterocycles. The van der Waals surface area contributed by atoms with Crippen molar-refractivity contribution in [3.8, 4) is 11.1 Å². The standard InChI is InChI=1S/C19H13NO3/c21-19(17-11-4-5-12-18(17)20(22)23)16-10-6-9-15(13-16)14-7-2-1-3-8-14/h1-13H. The highest BCUT2D eigenvalue weighted by Crippen LogP contribution is 2.24. The van der Waals surface area contributed by atoms with Crippen molar-refractivity contribution in [3.63, 3.8) is 0 Å². The number of carbonyl (C=O) groups is 1. The normalized spacial score (nSPS) is 10.3. The van der Waals surface area contributed by atoms with Gasteiger partial charge in [-0.1, -0.05) is 60.7 Å². The molecule has 0 aliphatic heterocycles. The summed E-state index contributed by atoms with van der Waals surface area (Å²) in [7, 11) is 0. The Morgan fingerprint density at radius 1 is 0.783 bits per heavy atom. The molecular weight excluding hydrogens is 290 g/mol. The smallest absolute Gasteiger partial charge is 0.280 e. The van der Waals surface area contributed by atoms with E-state index in [2.05, 4.69) is 0 Å². The van der Waals surface area contributed by atoms with Gasteiger partial charge >= 0.3 is 0 Å². The van der Waals surface area contributed by atoms with Crippen LogP contribution in [0.4, 0.5) is 5.69 Å². The Hall–Kier alpha value is -3.27. The number of nitro benzene ring substituents is 1. The third-order valence-electron chi connectivity index (χ3n) is 3.58. The topological polar surface area (TPSA) is 60.2 Å². The van der Waals surface area contributed by atoms with E-state index in [0.29, 0.717) is 5.56 Å². The van der Waals surface area contributed by atoms with Crippen LogP contribution in [0.2, 0.25) is 0 Å². The minimum absolute atomic E-state index is 0.0997. The van der Waals surface area contributed by atoms with Crippen molar-refractivity contribution in [2.45, 2.75) is 0 Å². The molecule has 0 bridgehead atoms. The van der Waals surface area contributed by atoms with E-state index in [1.165, 1.54) is 12.1 Å². The third-order valence-corrected chi connectivity index (χ3v) is 3.58. The SMILES string of the molecule is O=C(c1cccc(-c2ccccc2)c1)c1ccccc1[N+](=O)[O-]. The lowest BCUT2D eigenvalue weighted by atomic mass is 9.97. The molecule has 0 aromatic heterocycles. The molecule has 4 nitrogen and oxygen atoms in total. The summed E-state index contributed by atoms with van der Waals surface area (Å²) in [6.45, 7) is 0. The largest absolute Gasteiger partial charge is 0.288 e. The molecule has 0 N–H and O–H groups in total. The highest BCUT2D eigenvalue weighted by atomic mass is 16.6. The molecule has 0 spiro atoms. The lowest BCUT2D eigenvalue weighted by molar-refractivity contribution is -0.385. The fourth-order valence-electron chi connectivity index (χ4n) is 2.45. The number of rotatable bonds is 4. The highest BCUT2D eigenvalue weighted by molar-refractivity contribution is 6.11. The highest BCUT2D eigenvalue weighted by Gasteiger charge is 2.20. The van der Waals surface area contributed by atoms with E-state index >= 15 is 0 Å². The van der Waals surface area contributed by atoms with Crippen LogP contribution in [0.25, 0.3) is 11.1 Å². The summed E-state index contributed by atoms with van der Waals surface area (Å²) < 4.78 is 0. The Morgan fingerprint density at radius 3 is 2.17 bits per heavy atom. The van der Waals surface area contributed by atoms with Gasteiger partial charge in [0.2, 0.25) is 0 Å². The lowest BCUT2D eigenvalue weighted by Crippen LogP contribution is -2.05. The van der Waals surface area contributed by atoms with Gasteiger partial charge in [0.1, 0.15) is 5.56 Å². The van der Waals surface area contributed by atoms with Crippen LogP contribution in [0.3, 0.4) is 0 Å². The summed E-state index contributed by atoms with van der Waals surface area (Å²) in [5.74, 6) is -0.352. The molecule has 4 heteroatoms. The van der Waals surface area contributed by atoms with Crippen LogP contribution in [0.1, 0.15) is 15.9 Å². The van der Waals surface area contributed by atoms with Crippen molar-refractivity contribution in [1.29, 1.82) is 0 Å². The summed E-state index contributed by atoms with van der Waals surface area (Å²) in [5, 5.41) is 11.1. The monoisotopic (exact) mass is 303 g/mol. The molecule has 0 aliphatic rings. The quantitative estimate of drug-likeness (QED) is 0.405. The van der Waals surface area contributed by atoms with Crippen molar-refractivity contribution in [3.05, 3.63) is 100 Å². The number of hydrogen-bond donors (Lipinski definition) is 0. The van der Waals surface area contributed by atoms with Gasteiger partial charge in [0.05, 0.1) is 4.92 Å². The van der Waals surface area contributed by atoms with Crippen molar-refractivity contribution in [2.75, 3.05) is 0 Å². The first-order valence-corrected chi connectivity index (χ1v) is 7.10. The Morgan fingerprint density at radius 2 is 1.43 bits per heavy atom. The van der Waals surface area contributed by atoms with Gasteiger partial charge in [-0.2, -0.15) is 0 Å². The van der Waals surface area contributed by atoms with Gasteiger partial charge in [-0.25, -0.2) is 0 Å². The second-order valence-electron chi connectivity index (χ2n) is 5.05. The number of nitro groups is 1. The number of carbonyl (C=O) groups excluding carboxylic acids is 1. The van der Waals surface area contributed by atoms with Crippen LogP contribution < -0.4 is 0 Å². The maximum atomic E-state index is 12.7. The zero-order valence-corrected chi connectivity index (χ0v) is 12.2. The van der Waals surface area contributed by atoms with Crippen LogP contribution >= 0.6 is 0 Å². The third kappa shape index (κ3) is 3.01. The summed E-state index contributed by atoms with van der Waals surface area (Å²) in [6.07, 6.45) is 0. The summed E-state index contributed by atoms with van der Waals surface area (Å²) >= 11 is 0. The van der Waals surface area contributed by atoms with Crippen molar-refractivity contribution >= 4 is 11.5 Å². The summed E-state index contributed by atoms with van der Waals surface area (Å²) in [4.78, 5) is 23.2. The molecule has 3 aromatic rings. The Kier molecular flexibility index (Phi) is 3.97. The Bertz CT molecular complexity index is 873. The molecule has 23 heavy (non-hydrogen) atoms. The zero-order chi connectivity index (χ0) is 16.2. The van der Waals surface area contributed by atoms with E-state index in [4.69, 9.17) is 0 Å². The fourth-order valence-corrected chi connectivity index (χ4v) is 2.45. The first-order chi connectivity index (χ1) is 11.2. The average molecular weight is 303 g/mol. The molecule has 0 atom stereocenters. The van der Waals surface area contributed by atoms with Crippen LogP contribution in [0.5, 0.6) is 0 Å². The molecule has 0 saturated carbocycles. The lowest BCUT2D eigenvalue weighted by Gasteiger charge is -2.06. The molecule has 0 radical (unpaired) electrons. The van der Waals surface area contributed by atoms with E-state index in [9.17, 15) is 14.9 Å². The first kappa shape index (κ1) is 14.7. The van der Waals surface area contributed by atoms with Crippen LogP contribution in [-0.2, 0) is 0 Å². The Labute approximate surface area is 133 Å². The van der Waals surface area contributed by atoms with Crippen molar-refractivity contribution < 1.29 is 9.72 Å². The van der Waals surface area contributed by atoms with Crippen LogP contribution in [0, 0.1) is 10.1 Å². The minimum Gasteiger partial charge on any atom is -0.288 e. The molecule has 3 rings (SSSR count). The molecule has 0 aliphatic carbocycles. The van der Waals surface area contributed by atoms with E-state index < -0.39 is 4.92 Å². The van der Waals surface area contributed by atoms with Gasteiger partial charge in [0, 0.05) is 11.6 Å². The number of para-hydroxylation sites is 1. The summed E-state index contributed by atoms with van der Waals surface area (Å²) in [6, 6.07) is 22.8. The van der Waals surface area contributed by atoms with Crippen molar-refractivity contribution in [2.24, 2.45) is 0 Å². The second-order valence-corrected chi connectivity index (χ2v) is 5.05. The molecule has 3 aromatic carbocycles. The molecular formula is C19H13NO3. The van der Waals surface area contributed by atoms with E-state index in [1.54, 1.807) is 30.3 Å². The van der Waals surface area contributed by atoms with Gasteiger partial charge in [-0.15, -0.1) is 0 Å². The zero-order valence-electron chi connectivity index (χ0n) is 12.2. The number of hydrogen-bond acceptors (Lipinski definition) is 3. The van der Waals surface area contributed by atoms with Crippen LogP contribution in [0.15, 0.2) is 78.9 Å². The van der Waals surface area contributed by atoms with E-state index in [0.717, 1.165) is 11.1 Å². The molecule has 0 heterocycles. The first-order valence-electron chi connectivity index (χ1n) is 7.10. The van der Waals surface area contributed by atoms with Gasteiger partial charge in [-0.3, -0.25) is 14.9 Å². The minimum atomic E-state index is -0.533. The maximum Gasteiger partial charge on any atom is 0.280 e. The number of benzene rings is 3. The van der Waals surface area contributed by atoms with Crippen LogP contribution in [-0.4, -0.2) is 10.7 Å².